The number of rotatable bonds is 4. The molecule has 0 aliphatic rings. The number of nitrogen functional groups attached to an aromatic ring is 1. The summed E-state index contributed by atoms with van der Waals surface area (Å²) in [5.74, 6) is 0.789. The zero-order valence-electron chi connectivity index (χ0n) is 9.43. The van der Waals surface area contributed by atoms with Crippen molar-refractivity contribution in [3.05, 3.63) is 45.9 Å². The minimum Gasteiger partial charge on any atom is -0.486 e. The molecule has 0 aliphatic heterocycles. The fraction of sp³-hybridized carbons (Fsp3) is 0.167. The number of amidine groups is 1. The van der Waals surface area contributed by atoms with Gasteiger partial charge in [-0.3, -0.25) is 5.41 Å². The lowest BCUT2D eigenvalue weighted by atomic mass is 10.1. The number of thiazole rings is 1. The highest BCUT2D eigenvalue weighted by molar-refractivity contribution is 7.09. The molecule has 0 atom stereocenters. The maximum atomic E-state index is 7.39. The molecular weight excluding hydrogens is 234 g/mol. The fourth-order valence-electron chi connectivity index (χ4n) is 1.39. The van der Waals surface area contributed by atoms with Crippen LogP contribution in [0.3, 0.4) is 0 Å². The van der Waals surface area contributed by atoms with Gasteiger partial charge in [-0.05, 0) is 18.6 Å². The number of nitrogens with two attached hydrogens (primary N) is 1. The van der Waals surface area contributed by atoms with Gasteiger partial charge in [0.05, 0.1) is 0 Å². The molecule has 1 aromatic carbocycles. The van der Waals surface area contributed by atoms with Crippen LogP contribution in [0.1, 0.15) is 16.1 Å². The molecule has 17 heavy (non-hydrogen) atoms. The quantitative estimate of drug-likeness (QED) is 0.643. The van der Waals surface area contributed by atoms with Crippen molar-refractivity contribution in [2.45, 2.75) is 13.5 Å². The van der Waals surface area contributed by atoms with E-state index in [4.69, 9.17) is 15.9 Å². The molecule has 2 rings (SSSR count). The molecule has 4 nitrogen and oxygen atoms in total. The molecule has 0 saturated heterocycles. The fourth-order valence-corrected chi connectivity index (χ4v) is 1.91. The number of ether oxygens (including phenoxy) is 1. The Kier molecular flexibility index (Phi) is 3.39. The second kappa shape index (κ2) is 4.97. The summed E-state index contributed by atoms with van der Waals surface area (Å²) in [6, 6.07) is 5.49. The highest BCUT2D eigenvalue weighted by Gasteiger charge is 2.05. The Morgan fingerprint density at radius 1 is 1.53 bits per heavy atom. The van der Waals surface area contributed by atoms with E-state index in [1.54, 1.807) is 23.6 Å². The summed E-state index contributed by atoms with van der Waals surface area (Å²) in [4.78, 5) is 4.15. The lowest BCUT2D eigenvalue weighted by Gasteiger charge is -2.09. The van der Waals surface area contributed by atoms with Gasteiger partial charge < -0.3 is 10.5 Å². The molecule has 2 aromatic rings. The van der Waals surface area contributed by atoms with Crippen molar-refractivity contribution in [2.24, 2.45) is 5.73 Å². The van der Waals surface area contributed by atoms with Gasteiger partial charge in [-0.25, -0.2) is 4.98 Å². The number of benzene rings is 1. The smallest absolute Gasteiger partial charge is 0.140 e. The van der Waals surface area contributed by atoms with Crippen molar-refractivity contribution in [3.8, 4) is 5.75 Å². The van der Waals surface area contributed by atoms with E-state index in [1.165, 1.54) is 0 Å². The van der Waals surface area contributed by atoms with E-state index in [-0.39, 0.29) is 5.84 Å². The van der Waals surface area contributed by atoms with Crippen LogP contribution in [0.5, 0.6) is 5.75 Å². The van der Waals surface area contributed by atoms with E-state index in [9.17, 15) is 0 Å². The Hall–Kier alpha value is -1.88. The lowest BCUT2D eigenvalue weighted by molar-refractivity contribution is 0.303. The van der Waals surface area contributed by atoms with E-state index in [1.807, 2.05) is 24.4 Å². The van der Waals surface area contributed by atoms with E-state index in [0.29, 0.717) is 12.2 Å². The van der Waals surface area contributed by atoms with Crippen LogP contribution in [0, 0.1) is 12.3 Å². The third-order valence-electron chi connectivity index (χ3n) is 2.33. The highest BCUT2D eigenvalue weighted by atomic mass is 32.1. The van der Waals surface area contributed by atoms with E-state index >= 15 is 0 Å². The maximum Gasteiger partial charge on any atom is 0.140 e. The summed E-state index contributed by atoms with van der Waals surface area (Å²) in [5.41, 5.74) is 7.13. The lowest BCUT2D eigenvalue weighted by Crippen LogP contribution is -2.11. The summed E-state index contributed by atoms with van der Waals surface area (Å²) in [7, 11) is 0. The predicted octanol–water partition coefficient (Wildman–Crippen LogP) is 2.31. The first-order valence-corrected chi connectivity index (χ1v) is 6.01. The van der Waals surface area contributed by atoms with Crippen molar-refractivity contribution in [1.29, 1.82) is 5.41 Å². The minimum atomic E-state index is 0.0455. The average Bonchev–Trinajstić information content (AvgIpc) is 2.80. The first kappa shape index (κ1) is 11.6. The van der Waals surface area contributed by atoms with Gasteiger partial charge in [0.1, 0.15) is 23.2 Å². The molecule has 0 amide bonds. The van der Waals surface area contributed by atoms with Crippen LogP contribution < -0.4 is 10.5 Å². The molecule has 0 unspecified atom stereocenters. The maximum absolute atomic E-state index is 7.39. The molecule has 0 fully saturated rings. The summed E-state index contributed by atoms with van der Waals surface area (Å²) in [5, 5.41) is 10.2. The number of aryl methyl sites for hydroxylation is 1. The Morgan fingerprint density at radius 2 is 2.35 bits per heavy atom. The standard InChI is InChI=1S/C12H13N3OS/c1-8-2-3-9(12(13)14)6-10(8)16-7-11-15-4-5-17-11/h2-6H,7H2,1H3,(H3,13,14). The van der Waals surface area contributed by atoms with Crippen molar-refractivity contribution in [2.75, 3.05) is 0 Å². The molecular formula is C12H13N3OS. The zero-order valence-corrected chi connectivity index (χ0v) is 10.3. The number of nitrogens with zero attached hydrogens (tertiary/aromatic N) is 1. The van der Waals surface area contributed by atoms with E-state index < -0.39 is 0 Å². The number of hydrogen-bond acceptors (Lipinski definition) is 4. The molecule has 5 heteroatoms. The topological polar surface area (TPSA) is 72.0 Å². The summed E-state index contributed by atoms with van der Waals surface area (Å²) < 4.78 is 5.67. The van der Waals surface area contributed by atoms with Gasteiger partial charge in [0, 0.05) is 17.1 Å². The van der Waals surface area contributed by atoms with Gasteiger partial charge in [-0.2, -0.15) is 0 Å². The molecule has 0 aliphatic carbocycles. The Labute approximate surface area is 104 Å². The monoisotopic (exact) mass is 247 g/mol. The average molecular weight is 247 g/mol. The van der Waals surface area contributed by atoms with Crippen LogP contribution in [0.2, 0.25) is 0 Å². The predicted molar refractivity (Wildman–Crippen MR) is 68.6 cm³/mol. The Morgan fingerprint density at radius 3 is 3.00 bits per heavy atom. The van der Waals surface area contributed by atoms with Crippen LogP contribution >= 0.6 is 11.3 Å². The second-order valence-electron chi connectivity index (χ2n) is 3.61. The Balaban J connectivity index is 2.14. The SMILES string of the molecule is Cc1ccc(C(=N)N)cc1OCc1nccs1. The van der Waals surface area contributed by atoms with E-state index in [0.717, 1.165) is 16.3 Å². The second-order valence-corrected chi connectivity index (χ2v) is 4.59. The Bertz CT molecular complexity index is 523. The third-order valence-corrected chi connectivity index (χ3v) is 3.09. The van der Waals surface area contributed by atoms with Crippen molar-refractivity contribution < 1.29 is 4.74 Å². The number of hydrogen-bond donors (Lipinski definition) is 2. The molecule has 0 saturated carbocycles. The largest absolute Gasteiger partial charge is 0.486 e. The van der Waals surface area contributed by atoms with E-state index in [2.05, 4.69) is 4.98 Å². The molecule has 88 valence electrons. The van der Waals surface area contributed by atoms with Gasteiger partial charge in [-0.15, -0.1) is 11.3 Å². The van der Waals surface area contributed by atoms with Gasteiger partial charge >= 0.3 is 0 Å². The number of nitrogens with one attached hydrogen (secondary N) is 1. The van der Waals surface area contributed by atoms with Crippen LogP contribution in [0.25, 0.3) is 0 Å². The van der Waals surface area contributed by atoms with Crippen molar-refractivity contribution in [3.63, 3.8) is 0 Å². The molecule has 0 bridgehead atoms. The normalized spacial score (nSPS) is 10.2. The van der Waals surface area contributed by atoms with Gasteiger partial charge in [0.25, 0.3) is 0 Å². The van der Waals surface area contributed by atoms with Crippen molar-refractivity contribution >= 4 is 17.2 Å². The molecule has 1 heterocycles. The van der Waals surface area contributed by atoms with Gasteiger partial charge in [0.15, 0.2) is 0 Å². The van der Waals surface area contributed by atoms with Crippen molar-refractivity contribution in [1.82, 2.24) is 4.98 Å². The molecule has 0 radical (unpaired) electrons. The van der Waals surface area contributed by atoms with Crippen LogP contribution in [-0.2, 0) is 6.61 Å². The van der Waals surface area contributed by atoms with Gasteiger partial charge in [-0.1, -0.05) is 12.1 Å². The first-order valence-electron chi connectivity index (χ1n) is 5.13. The van der Waals surface area contributed by atoms with Crippen LogP contribution in [-0.4, -0.2) is 10.8 Å². The molecule has 1 aromatic heterocycles. The summed E-state index contributed by atoms with van der Waals surface area (Å²) in [6.07, 6.45) is 1.75. The van der Waals surface area contributed by atoms with Gasteiger partial charge in [0.2, 0.25) is 0 Å². The molecule has 0 spiro atoms. The molecule has 3 N–H and O–H groups in total. The van der Waals surface area contributed by atoms with Crippen LogP contribution in [0.15, 0.2) is 29.8 Å². The zero-order chi connectivity index (χ0) is 12.3. The minimum absolute atomic E-state index is 0.0455. The number of aromatic nitrogens is 1. The third kappa shape index (κ3) is 2.82. The summed E-state index contributed by atoms with van der Waals surface area (Å²) in [6.45, 7) is 2.40. The van der Waals surface area contributed by atoms with Crippen LogP contribution in [0.4, 0.5) is 0 Å². The summed E-state index contributed by atoms with van der Waals surface area (Å²) >= 11 is 1.56. The first-order chi connectivity index (χ1) is 8.16. The highest BCUT2D eigenvalue weighted by Crippen LogP contribution is 2.21.